The van der Waals surface area contributed by atoms with Gasteiger partial charge in [-0.2, -0.15) is 0 Å². The van der Waals surface area contributed by atoms with Gasteiger partial charge in [0.25, 0.3) is 5.69 Å². The third-order valence-electron chi connectivity index (χ3n) is 5.10. The zero-order valence-corrected chi connectivity index (χ0v) is 18.9. The highest BCUT2D eigenvalue weighted by atomic mass is 16.6. The number of nitrogens with one attached hydrogen (secondary N) is 2. The number of nitrogens with zero attached hydrogens (tertiary/aromatic N) is 3. The molecule has 0 aliphatic rings. The lowest BCUT2D eigenvalue weighted by atomic mass is 10.1. The fourth-order valence-electron chi connectivity index (χ4n) is 3.40. The molecule has 4 aromatic rings. The number of para-hydroxylation sites is 1. The number of aromatic nitrogens is 2. The summed E-state index contributed by atoms with van der Waals surface area (Å²) >= 11 is 0. The van der Waals surface area contributed by atoms with Crippen molar-refractivity contribution in [1.82, 2.24) is 9.97 Å². The van der Waals surface area contributed by atoms with Gasteiger partial charge in [0, 0.05) is 35.0 Å². The van der Waals surface area contributed by atoms with E-state index in [-0.39, 0.29) is 5.69 Å². The van der Waals surface area contributed by atoms with E-state index in [1.165, 1.54) is 24.5 Å². The minimum absolute atomic E-state index is 0.0692. The number of nitro groups is 1. The number of nitro benzene ring substituents is 1. The zero-order chi connectivity index (χ0) is 24.8. The van der Waals surface area contributed by atoms with Crippen LogP contribution in [0.15, 0.2) is 73.1 Å². The average molecular weight is 471 g/mol. The van der Waals surface area contributed by atoms with Gasteiger partial charge in [0.05, 0.1) is 30.2 Å². The minimum atomic E-state index is -0.489. The summed E-state index contributed by atoms with van der Waals surface area (Å²) in [7, 11) is 3.12. The highest BCUT2D eigenvalue weighted by molar-refractivity contribution is 6.02. The Kier molecular flexibility index (Phi) is 6.82. The first-order valence-corrected chi connectivity index (χ1v) is 10.4. The van der Waals surface area contributed by atoms with Crippen LogP contribution in [-0.2, 0) is 4.79 Å². The topological polar surface area (TPSA) is 129 Å². The van der Waals surface area contributed by atoms with Crippen molar-refractivity contribution >= 4 is 45.8 Å². The summed E-state index contributed by atoms with van der Waals surface area (Å²) in [5, 5.41) is 17.8. The lowest BCUT2D eigenvalue weighted by Crippen LogP contribution is -2.07. The van der Waals surface area contributed by atoms with Gasteiger partial charge >= 0.3 is 0 Å². The number of methoxy groups -OCH3 is 2. The Labute approximate surface area is 200 Å². The van der Waals surface area contributed by atoms with Gasteiger partial charge in [-0.05, 0) is 42.5 Å². The summed E-state index contributed by atoms with van der Waals surface area (Å²) in [4.78, 5) is 31.5. The van der Waals surface area contributed by atoms with E-state index in [2.05, 4.69) is 20.6 Å². The predicted molar refractivity (Wildman–Crippen MR) is 133 cm³/mol. The van der Waals surface area contributed by atoms with Crippen LogP contribution in [0.3, 0.4) is 0 Å². The average Bonchev–Trinajstić information content (AvgIpc) is 2.88. The molecule has 0 aliphatic heterocycles. The summed E-state index contributed by atoms with van der Waals surface area (Å²) in [5.74, 6) is 1.30. The Morgan fingerprint density at radius 3 is 2.37 bits per heavy atom. The van der Waals surface area contributed by atoms with Crippen molar-refractivity contribution in [2.24, 2.45) is 0 Å². The molecule has 0 bridgehead atoms. The zero-order valence-electron chi connectivity index (χ0n) is 18.9. The molecule has 35 heavy (non-hydrogen) atoms. The van der Waals surface area contributed by atoms with Crippen LogP contribution >= 0.6 is 0 Å². The van der Waals surface area contributed by atoms with Crippen molar-refractivity contribution in [2.75, 3.05) is 24.9 Å². The van der Waals surface area contributed by atoms with Gasteiger partial charge < -0.3 is 20.1 Å². The van der Waals surface area contributed by atoms with Crippen molar-refractivity contribution in [1.29, 1.82) is 0 Å². The van der Waals surface area contributed by atoms with E-state index in [4.69, 9.17) is 9.47 Å². The third-order valence-corrected chi connectivity index (χ3v) is 5.10. The Morgan fingerprint density at radius 1 is 0.971 bits per heavy atom. The maximum atomic E-state index is 12.3. The molecule has 176 valence electrons. The molecule has 1 heterocycles. The molecule has 1 amide bonds. The molecule has 10 heteroatoms. The Balaban J connectivity index is 1.47. The van der Waals surface area contributed by atoms with Gasteiger partial charge in [-0.25, -0.2) is 9.97 Å². The van der Waals surface area contributed by atoms with Crippen molar-refractivity contribution in [3.05, 3.63) is 88.7 Å². The predicted octanol–water partition coefficient (Wildman–Crippen LogP) is 4.95. The molecule has 0 unspecified atom stereocenters. The SMILES string of the molecule is COc1cc2ncnc(Nc3ccc(NC(=O)/C=C/c4ccccc4[N+](=O)[O-])cc3)c2cc1OC. The molecular formula is C25H21N5O5. The molecule has 3 aromatic carbocycles. The maximum absolute atomic E-state index is 12.3. The van der Waals surface area contributed by atoms with E-state index < -0.39 is 10.8 Å². The normalized spacial score (nSPS) is 10.8. The van der Waals surface area contributed by atoms with E-state index >= 15 is 0 Å². The van der Waals surface area contributed by atoms with Gasteiger partial charge in [-0.3, -0.25) is 14.9 Å². The maximum Gasteiger partial charge on any atom is 0.276 e. The monoisotopic (exact) mass is 471 g/mol. The van der Waals surface area contributed by atoms with E-state index in [0.29, 0.717) is 34.1 Å². The largest absolute Gasteiger partial charge is 0.493 e. The van der Waals surface area contributed by atoms with Crippen molar-refractivity contribution in [3.63, 3.8) is 0 Å². The molecule has 0 fully saturated rings. The number of benzene rings is 3. The molecule has 0 spiro atoms. The van der Waals surface area contributed by atoms with Crippen molar-refractivity contribution < 1.29 is 19.2 Å². The van der Waals surface area contributed by atoms with E-state index in [1.807, 2.05) is 0 Å². The van der Waals surface area contributed by atoms with Gasteiger partial charge in [0.2, 0.25) is 5.91 Å². The van der Waals surface area contributed by atoms with Crippen LogP contribution in [-0.4, -0.2) is 35.0 Å². The van der Waals surface area contributed by atoms with Crippen LogP contribution in [0, 0.1) is 10.1 Å². The quantitative estimate of drug-likeness (QED) is 0.210. The summed E-state index contributed by atoms with van der Waals surface area (Å²) < 4.78 is 10.7. The van der Waals surface area contributed by atoms with Crippen LogP contribution in [0.2, 0.25) is 0 Å². The number of anilines is 3. The number of fused-ring (bicyclic) bond motifs is 1. The molecule has 4 rings (SSSR count). The Bertz CT molecular complexity index is 1420. The number of carbonyl (C=O) groups excluding carboxylic acids is 1. The molecule has 2 N–H and O–H groups in total. The molecule has 0 atom stereocenters. The van der Waals surface area contributed by atoms with E-state index in [9.17, 15) is 14.9 Å². The second kappa shape index (κ2) is 10.3. The summed E-state index contributed by atoms with van der Waals surface area (Å²) in [5.41, 5.74) is 2.27. The highest BCUT2D eigenvalue weighted by Crippen LogP contribution is 2.34. The first-order chi connectivity index (χ1) is 17.0. The highest BCUT2D eigenvalue weighted by Gasteiger charge is 2.12. The van der Waals surface area contributed by atoms with Crippen LogP contribution in [0.1, 0.15) is 5.56 Å². The number of hydrogen-bond donors (Lipinski definition) is 2. The molecule has 0 aliphatic carbocycles. The number of rotatable bonds is 8. The Hall–Kier alpha value is -4.99. The van der Waals surface area contributed by atoms with Crippen molar-refractivity contribution in [3.8, 4) is 11.5 Å². The lowest BCUT2D eigenvalue weighted by molar-refractivity contribution is -0.385. The van der Waals surface area contributed by atoms with Gasteiger partial charge in [-0.15, -0.1) is 0 Å². The first kappa shape index (κ1) is 23.2. The van der Waals surface area contributed by atoms with Gasteiger partial charge in [0.15, 0.2) is 11.5 Å². The molecule has 10 nitrogen and oxygen atoms in total. The van der Waals surface area contributed by atoms with Gasteiger partial charge in [-0.1, -0.05) is 12.1 Å². The number of amides is 1. The first-order valence-electron chi connectivity index (χ1n) is 10.4. The van der Waals surface area contributed by atoms with Crippen LogP contribution in [0.5, 0.6) is 11.5 Å². The summed E-state index contributed by atoms with van der Waals surface area (Å²) in [6.07, 6.45) is 4.12. The van der Waals surface area contributed by atoms with Crippen molar-refractivity contribution in [2.45, 2.75) is 0 Å². The van der Waals surface area contributed by atoms with Gasteiger partial charge in [0.1, 0.15) is 12.1 Å². The van der Waals surface area contributed by atoms with E-state index in [0.717, 1.165) is 11.1 Å². The fraction of sp³-hybridized carbons (Fsp3) is 0.0800. The molecular weight excluding hydrogens is 450 g/mol. The second-order valence-corrected chi connectivity index (χ2v) is 7.29. The minimum Gasteiger partial charge on any atom is -0.493 e. The lowest BCUT2D eigenvalue weighted by Gasteiger charge is -2.12. The third kappa shape index (κ3) is 5.33. The fourth-order valence-corrected chi connectivity index (χ4v) is 3.40. The molecule has 0 saturated heterocycles. The van der Waals surface area contributed by atoms with Crippen LogP contribution < -0.4 is 20.1 Å². The number of hydrogen-bond acceptors (Lipinski definition) is 8. The second-order valence-electron chi connectivity index (χ2n) is 7.29. The smallest absolute Gasteiger partial charge is 0.276 e. The van der Waals surface area contributed by atoms with Crippen LogP contribution in [0.4, 0.5) is 22.9 Å². The van der Waals surface area contributed by atoms with E-state index in [1.54, 1.807) is 68.8 Å². The Morgan fingerprint density at radius 2 is 1.66 bits per heavy atom. The molecule has 1 aromatic heterocycles. The summed E-state index contributed by atoms with van der Waals surface area (Å²) in [6.45, 7) is 0. The molecule has 0 radical (unpaired) electrons. The van der Waals surface area contributed by atoms with Crippen LogP contribution in [0.25, 0.3) is 17.0 Å². The summed E-state index contributed by atoms with van der Waals surface area (Å²) in [6, 6.07) is 16.8. The number of carbonyl (C=O) groups is 1. The molecule has 0 saturated carbocycles. The standard InChI is InChI=1S/C25H21N5O5/c1-34-22-13-19-20(14-23(22)35-2)26-15-27-25(19)29-18-10-8-17(9-11-18)28-24(31)12-7-16-5-3-4-6-21(16)30(32)33/h3-15H,1-2H3,(H,28,31)(H,26,27,29)/b12-7+. The number of ether oxygens (including phenoxy) is 2.